The van der Waals surface area contributed by atoms with Crippen molar-refractivity contribution in [2.45, 2.75) is 85.1 Å². The number of carbonyl (C=O) groups excluding carboxylic acids is 1. The maximum Gasteiger partial charge on any atom is 0.225 e. The van der Waals surface area contributed by atoms with Crippen LogP contribution in [-0.4, -0.2) is 23.4 Å². The highest BCUT2D eigenvalue weighted by molar-refractivity contribution is 5.79. The molecule has 1 saturated carbocycles. The topological polar surface area (TPSA) is 20.3 Å². The highest BCUT2D eigenvalue weighted by Gasteiger charge is 2.35. The van der Waals surface area contributed by atoms with Gasteiger partial charge >= 0.3 is 0 Å². The Hall–Kier alpha value is -0.530. The van der Waals surface area contributed by atoms with Crippen LogP contribution >= 0.6 is 0 Å². The summed E-state index contributed by atoms with van der Waals surface area (Å²) in [6.07, 6.45) is 9.58. The maximum absolute atomic E-state index is 12.8. The average molecular weight is 279 g/mol. The van der Waals surface area contributed by atoms with Gasteiger partial charge in [0.25, 0.3) is 0 Å². The molecule has 1 heterocycles. The van der Waals surface area contributed by atoms with Crippen LogP contribution in [-0.2, 0) is 4.79 Å². The zero-order valence-electron chi connectivity index (χ0n) is 14.0. The van der Waals surface area contributed by atoms with Gasteiger partial charge in [0, 0.05) is 18.5 Å². The van der Waals surface area contributed by atoms with Crippen molar-refractivity contribution in [3.05, 3.63) is 0 Å². The molecule has 0 spiro atoms. The van der Waals surface area contributed by atoms with Crippen LogP contribution in [0.2, 0.25) is 0 Å². The smallest absolute Gasteiger partial charge is 0.225 e. The molecule has 1 aliphatic carbocycles. The third-order valence-electron chi connectivity index (χ3n) is 5.68. The zero-order valence-corrected chi connectivity index (χ0v) is 14.0. The van der Waals surface area contributed by atoms with Gasteiger partial charge in [-0.15, -0.1) is 0 Å². The molecule has 1 unspecified atom stereocenters. The minimum atomic E-state index is 0.320. The molecule has 1 atom stereocenters. The Kier molecular flexibility index (Phi) is 5.14. The van der Waals surface area contributed by atoms with E-state index in [1.165, 1.54) is 32.1 Å². The van der Waals surface area contributed by atoms with Gasteiger partial charge in [-0.3, -0.25) is 4.79 Å². The summed E-state index contributed by atoms with van der Waals surface area (Å²) >= 11 is 0. The Balaban J connectivity index is 1.91. The van der Waals surface area contributed by atoms with Crippen LogP contribution in [0.25, 0.3) is 0 Å². The lowest BCUT2D eigenvalue weighted by molar-refractivity contribution is -0.141. The van der Waals surface area contributed by atoms with Crippen LogP contribution < -0.4 is 0 Å². The fraction of sp³-hybridized carbons (Fsp3) is 0.944. The van der Waals surface area contributed by atoms with Gasteiger partial charge in [0.2, 0.25) is 5.91 Å². The number of carbonyl (C=O) groups is 1. The third kappa shape index (κ3) is 3.56. The van der Waals surface area contributed by atoms with Gasteiger partial charge in [0.05, 0.1) is 0 Å². The molecule has 0 radical (unpaired) electrons. The highest BCUT2D eigenvalue weighted by Crippen LogP contribution is 2.40. The van der Waals surface area contributed by atoms with E-state index in [4.69, 9.17) is 0 Å². The molecular formula is C18H33NO. The lowest BCUT2D eigenvalue weighted by Crippen LogP contribution is -2.47. The van der Waals surface area contributed by atoms with Crippen LogP contribution in [0.15, 0.2) is 0 Å². The second-order valence-electron chi connectivity index (χ2n) is 8.00. The van der Waals surface area contributed by atoms with Gasteiger partial charge in [-0.1, -0.05) is 27.7 Å². The first-order chi connectivity index (χ1) is 9.43. The number of nitrogens with zero attached hydrogens (tertiary/aromatic N) is 1. The average Bonchev–Trinajstić information content (AvgIpc) is 2.45. The fourth-order valence-electron chi connectivity index (χ4n) is 4.16. The molecule has 0 aromatic rings. The van der Waals surface area contributed by atoms with Crippen molar-refractivity contribution in [1.29, 1.82) is 0 Å². The quantitative estimate of drug-likeness (QED) is 0.721. The molecule has 2 fully saturated rings. The van der Waals surface area contributed by atoms with E-state index in [0.29, 0.717) is 23.3 Å². The normalized spacial score (nSPS) is 32.2. The van der Waals surface area contributed by atoms with E-state index in [9.17, 15) is 4.79 Å². The summed E-state index contributed by atoms with van der Waals surface area (Å²) in [5.41, 5.74) is 0.408. The van der Waals surface area contributed by atoms with Crippen molar-refractivity contribution in [2.75, 3.05) is 6.54 Å². The van der Waals surface area contributed by atoms with Crippen molar-refractivity contribution in [1.82, 2.24) is 4.90 Å². The van der Waals surface area contributed by atoms with Gasteiger partial charge in [0.15, 0.2) is 0 Å². The molecule has 2 rings (SSSR count). The molecule has 2 aliphatic rings. The van der Waals surface area contributed by atoms with Crippen LogP contribution in [0.5, 0.6) is 0 Å². The SMILES string of the molecule is CCC1CCCCN1C(=O)C1CCC(C(C)(C)C)CC1. The first-order valence-electron chi connectivity index (χ1n) is 8.74. The Morgan fingerprint density at radius 3 is 2.25 bits per heavy atom. The number of likely N-dealkylation sites (tertiary alicyclic amines) is 1. The first-order valence-corrected chi connectivity index (χ1v) is 8.74. The van der Waals surface area contributed by atoms with Gasteiger partial charge in [-0.25, -0.2) is 0 Å². The van der Waals surface area contributed by atoms with Crippen LogP contribution in [0.3, 0.4) is 0 Å². The Morgan fingerprint density at radius 2 is 1.70 bits per heavy atom. The van der Waals surface area contributed by atoms with Crippen molar-refractivity contribution in [3.8, 4) is 0 Å². The molecule has 1 aliphatic heterocycles. The molecular weight excluding hydrogens is 246 g/mol. The van der Waals surface area contributed by atoms with Gasteiger partial charge in [-0.05, 0) is 62.7 Å². The number of amides is 1. The summed E-state index contributed by atoms with van der Waals surface area (Å²) < 4.78 is 0. The van der Waals surface area contributed by atoms with Crippen molar-refractivity contribution >= 4 is 5.91 Å². The zero-order chi connectivity index (χ0) is 14.8. The Bertz CT molecular complexity index is 323. The van der Waals surface area contributed by atoms with Gasteiger partial charge < -0.3 is 4.90 Å². The number of hydrogen-bond acceptors (Lipinski definition) is 1. The minimum absolute atomic E-state index is 0.320. The predicted molar refractivity (Wildman–Crippen MR) is 84.5 cm³/mol. The molecule has 0 aromatic carbocycles. The minimum Gasteiger partial charge on any atom is -0.339 e. The summed E-state index contributed by atoms with van der Waals surface area (Å²) in [6.45, 7) is 10.3. The molecule has 0 bridgehead atoms. The van der Waals surface area contributed by atoms with Crippen molar-refractivity contribution in [2.24, 2.45) is 17.3 Å². The molecule has 2 heteroatoms. The molecule has 0 N–H and O–H groups in total. The summed E-state index contributed by atoms with van der Waals surface area (Å²) in [4.78, 5) is 15.0. The van der Waals surface area contributed by atoms with Gasteiger partial charge in [0.1, 0.15) is 0 Å². The van der Waals surface area contributed by atoms with E-state index in [0.717, 1.165) is 31.7 Å². The van der Waals surface area contributed by atoms with Gasteiger partial charge in [-0.2, -0.15) is 0 Å². The molecule has 2 nitrogen and oxygen atoms in total. The third-order valence-corrected chi connectivity index (χ3v) is 5.68. The predicted octanol–water partition coefficient (Wildman–Crippen LogP) is 4.63. The van der Waals surface area contributed by atoms with E-state index < -0.39 is 0 Å². The molecule has 20 heavy (non-hydrogen) atoms. The standard InChI is InChI=1S/C18H33NO/c1-5-16-8-6-7-13-19(16)17(20)14-9-11-15(12-10-14)18(2,3)4/h14-16H,5-13H2,1-4H3. The largest absolute Gasteiger partial charge is 0.339 e. The van der Waals surface area contributed by atoms with Crippen molar-refractivity contribution < 1.29 is 4.79 Å². The second kappa shape index (κ2) is 6.49. The highest BCUT2D eigenvalue weighted by atomic mass is 16.2. The van der Waals surface area contributed by atoms with Crippen LogP contribution in [0.4, 0.5) is 0 Å². The van der Waals surface area contributed by atoms with E-state index in [-0.39, 0.29) is 0 Å². The van der Waals surface area contributed by atoms with E-state index in [1.807, 2.05) is 0 Å². The maximum atomic E-state index is 12.8. The van der Waals surface area contributed by atoms with E-state index in [2.05, 4.69) is 32.6 Å². The van der Waals surface area contributed by atoms with Crippen LogP contribution in [0.1, 0.15) is 79.1 Å². The lowest BCUT2D eigenvalue weighted by atomic mass is 9.69. The molecule has 0 aromatic heterocycles. The summed E-state index contributed by atoms with van der Waals surface area (Å²) in [7, 11) is 0. The molecule has 116 valence electrons. The number of rotatable bonds is 2. The summed E-state index contributed by atoms with van der Waals surface area (Å²) in [5.74, 6) is 1.60. The van der Waals surface area contributed by atoms with E-state index >= 15 is 0 Å². The molecule has 1 saturated heterocycles. The van der Waals surface area contributed by atoms with Crippen molar-refractivity contribution in [3.63, 3.8) is 0 Å². The Labute approximate surface area is 125 Å². The second-order valence-corrected chi connectivity index (χ2v) is 8.00. The van der Waals surface area contributed by atoms with E-state index in [1.54, 1.807) is 0 Å². The Morgan fingerprint density at radius 1 is 1.05 bits per heavy atom. The number of piperidine rings is 1. The van der Waals surface area contributed by atoms with Crippen LogP contribution in [0, 0.1) is 17.3 Å². The fourth-order valence-corrected chi connectivity index (χ4v) is 4.16. The summed E-state index contributed by atoms with van der Waals surface area (Å²) in [6, 6.07) is 0.525. The number of hydrogen-bond donors (Lipinski definition) is 0. The lowest BCUT2D eigenvalue weighted by Gasteiger charge is -2.41. The molecule has 1 amide bonds. The monoisotopic (exact) mass is 279 g/mol. The summed E-state index contributed by atoms with van der Waals surface area (Å²) in [5, 5.41) is 0. The first kappa shape index (κ1) is 15.9.